The number of hydrogen-bond donors (Lipinski definition) is 0. The largest absolute Gasteiger partial charge is 0.356 e. The van der Waals surface area contributed by atoms with Crippen molar-refractivity contribution in [3.05, 3.63) is 24.3 Å². The Kier molecular flexibility index (Phi) is 3.79. The van der Waals surface area contributed by atoms with E-state index in [1.54, 1.807) is 19.1 Å². The summed E-state index contributed by atoms with van der Waals surface area (Å²) in [6.07, 6.45) is 6.17. The highest BCUT2D eigenvalue weighted by atomic mass is 16.7. The van der Waals surface area contributed by atoms with Gasteiger partial charge in [-0.3, -0.25) is 9.59 Å². The highest BCUT2D eigenvalue weighted by molar-refractivity contribution is 6.02. The predicted molar refractivity (Wildman–Crippen MR) is 51.1 cm³/mol. The van der Waals surface area contributed by atoms with Gasteiger partial charge in [0, 0.05) is 18.9 Å². The van der Waals surface area contributed by atoms with Gasteiger partial charge in [-0.1, -0.05) is 18.2 Å². The average Bonchev–Trinajstić information content (AvgIpc) is 2.50. The van der Waals surface area contributed by atoms with Crippen LogP contribution < -0.4 is 0 Å². The number of allylic oxidation sites excluding steroid dienone is 3. The van der Waals surface area contributed by atoms with Crippen molar-refractivity contribution in [1.82, 2.24) is 5.06 Å². The Morgan fingerprint density at radius 3 is 2.40 bits per heavy atom. The summed E-state index contributed by atoms with van der Waals surface area (Å²) in [5.41, 5.74) is 0. The first-order chi connectivity index (χ1) is 7.15. The first-order valence-corrected chi connectivity index (χ1v) is 4.52. The Morgan fingerprint density at radius 2 is 1.87 bits per heavy atom. The summed E-state index contributed by atoms with van der Waals surface area (Å²) in [6.45, 7) is 1.79. The second-order valence-corrected chi connectivity index (χ2v) is 2.88. The Labute approximate surface area is 87.0 Å². The smallest absolute Gasteiger partial charge is 0.326 e. The standard InChI is InChI=1S/C10H11NO4/c1-2-3-4-5-10(14)15-11-8(12)6-7-9(11)13/h2-5H,6-7H2,1H3/b3-2+,5-4+. The molecule has 1 fully saturated rings. The highest BCUT2D eigenvalue weighted by Gasteiger charge is 2.32. The molecular weight excluding hydrogens is 198 g/mol. The third kappa shape index (κ3) is 3.05. The van der Waals surface area contributed by atoms with E-state index in [9.17, 15) is 14.4 Å². The van der Waals surface area contributed by atoms with E-state index in [-0.39, 0.29) is 12.8 Å². The lowest BCUT2D eigenvalue weighted by molar-refractivity contribution is -0.193. The van der Waals surface area contributed by atoms with Crippen molar-refractivity contribution < 1.29 is 19.2 Å². The summed E-state index contributed by atoms with van der Waals surface area (Å²) in [7, 11) is 0. The summed E-state index contributed by atoms with van der Waals surface area (Å²) in [6, 6.07) is 0. The van der Waals surface area contributed by atoms with Crippen LogP contribution in [0.4, 0.5) is 0 Å². The molecule has 2 amide bonds. The molecule has 0 bridgehead atoms. The topological polar surface area (TPSA) is 63.7 Å². The zero-order valence-corrected chi connectivity index (χ0v) is 8.30. The van der Waals surface area contributed by atoms with Crippen molar-refractivity contribution in [3.63, 3.8) is 0 Å². The van der Waals surface area contributed by atoms with E-state index in [0.29, 0.717) is 5.06 Å². The maximum absolute atomic E-state index is 11.1. The van der Waals surface area contributed by atoms with Crippen molar-refractivity contribution in [2.24, 2.45) is 0 Å². The molecular formula is C10H11NO4. The van der Waals surface area contributed by atoms with Crippen LogP contribution in [0.25, 0.3) is 0 Å². The minimum absolute atomic E-state index is 0.102. The van der Waals surface area contributed by atoms with Crippen LogP contribution in [0.3, 0.4) is 0 Å². The zero-order valence-electron chi connectivity index (χ0n) is 8.30. The number of imide groups is 1. The molecule has 0 N–H and O–H groups in total. The van der Waals surface area contributed by atoms with Crippen LogP contribution in [0.1, 0.15) is 19.8 Å². The number of carbonyl (C=O) groups excluding carboxylic acids is 3. The average molecular weight is 209 g/mol. The molecule has 5 nitrogen and oxygen atoms in total. The highest BCUT2D eigenvalue weighted by Crippen LogP contribution is 2.11. The Balaban J connectivity index is 2.51. The second-order valence-electron chi connectivity index (χ2n) is 2.88. The van der Waals surface area contributed by atoms with Crippen molar-refractivity contribution in [3.8, 4) is 0 Å². The number of nitrogens with zero attached hydrogens (tertiary/aromatic N) is 1. The van der Waals surface area contributed by atoms with Crippen molar-refractivity contribution in [2.75, 3.05) is 0 Å². The van der Waals surface area contributed by atoms with E-state index in [1.807, 2.05) is 0 Å². The molecule has 0 atom stereocenters. The molecule has 0 saturated carbocycles. The fourth-order valence-corrected chi connectivity index (χ4v) is 1.02. The molecule has 15 heavy (non-hydrogen) atoms. The minimum Gasteiger partial charge on any atom is -0.326 e. The molecule has 0 aliphatic carbocycles. The van der Waals surface area contributed by atoms with Crippen LogP contribution in [-0.4, -0.2) is 22.8 Å². The maximum atomic E-state index is 11.1. The van der Waals surface area contributed by atoms with Crippen molar-refractivity contribution >= 4 is 17.8 Å². The molecule has 0 aromatic carbocycles. The summed E-state index contributed by atoms with van der Waals surface area (Å²) in [5.74, 6) is -1.70. The van der Waals surface area contributed by atoms with Gasteiger partial charge < -0.3 is 4.84 Å². The fraction of sp³-hybridized carbons (Fsp3) is 0.300. The number of amides is 2. The Hall–Kier alpha value is -1.91. The van der Waals surface area contributed by atoms with E-state index in [0.717, 1.165) is 6.08 Å². The number of hydroxylamine groups is 2. The predicted octanol–water partition coefficient (Wildman–Crippen LogP) is 0.726. The van der Waals surface area contributed by atoms with Gasteiger partial charge in [0.2, 0.25) is 0 Å². The quantitative estimate of drug-likeness (QED) is 0.390. The Morgan fingerprint density at radius 1 is 1.27 bits per heavy atom. The van der Waals surface area contributed by atoms with Crippen LogP contribution in [0, 0.1) is 0 Å². The van der Waals surface area contributed by atoms with Gasteiger partial charge in [-0.15, -0.1) is 5.06 Å². The fourth-order valence-electron chi connectivity index (χ4n) is 1.02. The van der Waals surface area contributed by atoms with Gasteiger partial charge >= 0.3 is 5.97 Å². The molecule has 80 valence electrons. The van der Waals surface area contributed by atoms with Crippen LogP contribution in [0.15, 0.2) is 24.3 Å². The summed E-state index contributed by atoms with van der Waals surface area (Å²) < 4.78 is 0. The Bertz CT molecular complexity index is 327. The number of rotatable bonds is 3. The van der Waals surface area contributed by atoms with Gasteiger partial charge in [-0.25, -0.2) is 4.79 Å². The van der Waals surface area contributed by atoms with E-state index in [2.05, 4.69) is 4.84 Å². The molecule has 0 aromatic heterocycles. The van der Waals surface area contributed by atoms with E-state index in [1.165, 1.54) is 6.08 Å². The molecule has 1 rings (SSSR count). The monoisotopic (exact) mass is 209 g/mol. The zero-order chi connectivity index (χ0) is 11.3. The summed E-state index contributed by atoms with van der Waals surface area (Å²) in [5, 5.41) is 0.516. The number of carbonyl (C=O) groups is 3. The lowest BCUT2D eigenvalue weighted by Gasteiger charge is -2.10. The first kappa shape index (κ1) is 11.2. The van der Waals surface area contributed by atoms with E-state index < -0.39 is 17.8 Å². The van der Waals surface area contributed by atoms with Gasteiger partial charge in [-0.05, 0) is 6.92 Å². The molecule has 0 spiro atoms. The van der Waals surface area contributed by atoms with Crippen LogP contribution >= 0.6 is 0 Å². The van der Waals surface area contributed by atoms with Gasteiger partial charge in [0.1, 0.15) is 0 Å². The van der Waals surface area contributed by atoms with Gasteiger partial charge in [0.15, 0.2) is 0 Å². The lowest BCUT2D eigenvalue weighted by atomic mass is 10.4. The van der Waals surface area contributed by atoms with Crippen molar-refractivity contribution in [2.45, 2.75) is 19.8 Å². The molecule has 0 unspecified atom stereocenters. The van der Waals surface area contributed by atoms with E-state index >= 15 is 0 Å². The van der Waals surface area contributed by atoms with Crippen LogP contribution in [0.2, 0.25) is 0 Å². The molecule has 1 aliphatic heterocycles. The van der Waals surface area contributed by atoms with Crippen molar-refractivity contribution in [1.29, 1.82) is 0 Å². The molecule has 5 heteroatoms. The minimum atomic E-state index is -0.739. The van der Waals surface area contributed by atoms with Gasteiger partial charge in [0.05, 0.1) is 0 Å². The molecule has 1 saturated heterocycles. The lowest BCUT2D eigenvalue weighted by Crippen LogP contribution is -2.31. The first-order valence-electron chi connectivity index (χ1n) is 4.52. The molecule has 1 aliphatic rings. The van der Waals surface area contributed by atoms with Crippen LogP contribution in [0.5, 0.6) is 0 Å². The maximum Gasteiger partial charge on any atom is 0.356 e. The summed E-state index contributed by atoms with van der Waals surface area (Å²) in [4.78, 5) is 37.7. The number of hydrogen-bond acceptors (Lipinski definition) is 4. The van der Waals surface area contributed by atoms with Gasteiger partial charge in [0.25, 0.3) is 11.8 Å². The van der Waals surface area contributed by atoms with Crippen LogP contribution in [-0.2, 0) is 19.2 Å². The molecule has 0 aromatic rings. The SMILES string of the molecule is C/C=C/C=C/C(=O)ON1C(=O)CCC1=O. The van der Waals surface area contributed by atoms with E-state index in [4.69, 9.17) is 0 Å². The summed E-state index contributed by atoms with van der Waals surface area (Å²) >= 11 is 0. The second kappa shape index (κ2) is 5.09. The molecule has 1 heterocycles. The third-order valence-electron chi connectivity index (χ3n) is 1.72. The normalized spacial score (nSPS) is 17.0. The molecule has 0 radical (unpaired) electrons. The van der Waals surface area contributed by atoms with Gasteiger partial charge in [-0.2, -0.15) is 0 Å². The third-order valence-corrected chi connectivity index (χ3v) is 1.72.